The lowest BCUT2D eigenvalue weighted by Gasteiger charge is -2.07. The first kappa shape index (κ1) is 12.4. The van der Waals surface area contributed by atoms with Gasteiger partial charge in [-0.3, -0.25) is 4.79 Å². The molecule has 0 spiro atoms. The van der Waals surface area contributed by atoms with E-state index in [2.05, 4.69) is 15.5 Å². The molecule has 0 aliphatic carbocycles. The van der Waals surface area contributed by atoms with Gasteiger partial charge in [-0.25, -0.2) is 0 Å². The molecule has 2 aromatic rings. The molecule has 1 amide bonds. The molecular weight excluding hydrogens is 258 g/mol. The van der Waals surface area contributed by atoms with Crippen LogP contribution in [0.4, 0.5) is 10.5 Å². The van der Waals surface area contributed by atoms with Crippen molar-refractivity contribution in [3.05, 3.63) is 24.0 Å². The van der Waals surface area contributed by atoms with E-state index >= 15 is 0 Å². The number of carbonyl (C=O) groups excluding carboxylic acids is 1. The second-order valence-electron chi connectivity index (χ2n) is 3.46. The largest absolute Gasteiger partial charge is 0.497 e. The van der Waals surface area contributed by atoms with Gasteiger partial charge in [-0.05, 0) is 36.7 Å². The van der Waals surface area contributed by atoms with Crippen LogP contribution in [0.3, 0.4) is 0 Å². The highest BCUT2D eigenvalue weighted by Gasteiger charge is 2.14. The third-order valence-corrected chi connectivity index (χ3v) is 2.31. The minimum atomic E-state index is -0.697. The number of nitrogens with zero attached hydrogens (tertiary/aromatic N) is 2. The van der Waals surface area contributed by atoms with Crippen molar-refractivity contribution >= 4 is 22.7 Å². The molecule has 18 heavy (non-hydrogen) atoms. The third-order valence-electron chi connectivity index (χ3n) is 2.22. The Hall–Kier alpha value is -2.08. The number of hydrogen-bond donors (Lipinski definition) is 1. The van der Waals surface area contributed by atoms with E-state index in [9.17, 15) is 4.79 Å². The Morgan fingerprint density at radius 3 is 2.83 bits per heavy atom. The molecule has 0 atom stereocenters. The van der Waals surface area contributed by atoms with Crippen molar-refractivity contribution in [2.75, 3.05) is 12.4 Å². The van der Waals surface area contributed by atoms with Crippen molar-refractivity contribution in [2.45, 2.75) is 6.92 Å². The van der Waals surface area contributed by atoms with Gasteiger partial charge in [-0.1, -0.05) is 5.16 Å². The lowest BCUT2D eigenvalue weighted by Crippen LogP contribution is -2.03. The first-order valence-corrected chi connectivity index (χ1v) is 5.43. The zero-order chi connectivity index (χ0) is 13.1. The highest BCUT2D eigenvalue weighted by molar-refractivity contribution is 6.65. The number of anilines is 1. The maximum absolute atomic E-state index is 10.9. The average molecular weight is 268 g/mol. The van der Waals surface area contributed by atoms with Gasteiger partial charge in [0.15, 0.2) is 5.82 Å². The Balaban J connectivity index is 2.50. The van der Waals surface area contributed by atoms with Crippen molar-refractivity contribution < 1.29 is 14.1 Å². The molecule has 0 saturated heterocycles. The first-order valence-electron chi connectivity index (χ1n) is 5.05. The monoisotopic (exact) mass is 267 g/mol. The van der Waals surface area contributed by atoms with Gasteiger partial charge in [0.2, 0.25) is 0 Å². The number of halogens is 1. The van der Waals surface area contributed by atoms with Gasteiger partial charge in [0, 0.05) is 0 Å². The summed E-state index contributed by atoms with van der Waals surface area (Å²) in [7, 11) is 1.54. The fourth-order valence-electron chi connectivity index (χ4n) is 1.45. The SMILES string of the molecule is COc1ccc(NC(=O)Cl)c(-c2nc(C)no2)c1. The van der Waals surface area contributed by atoms with E-state index in [-0.39, 0.29) is 5.89 Å². The number of nitrogens with one attached hydrogen (secondary N) is 1. The van der Waals surface area contributed by atoms with Gasteiger partial charge < -0.3 is 14.6 Å². The standard InChI is InChI=1S/C11H10ClN3O3/c1-6-13-10(18-15-6)8-5-7(17-2)3-4-9(8)14-11(12)16/h3-5H,1-2H3,(H,14,16). The second-order valence-corrected chi connectivity index (χ2v) is 3.80. The number of carbonyl (C=O) groups is 1. The number of benzene rings is 1. The van der Waals surface area contributed by atoms with Crippen LogP contribution in [0, 0.1) is 6.92 Å². The van der Waals surface area contributed by atoms with Crippen LogP contribution in [0.5, 0.6) is 5.75 Å². The van der Waals surface area contributed by atoms with Crippen LogP contribution < -0.4 is 10.1 Å². The molecular formula is C11H10ClN3O3. The summed E-state index contributed by atoms with van der Waals surface area (Å²) in [6.45, 7) is 1.70. The Labute approximate surface area is 108 Å². The molecule has 2 rings (SSSR count). The second kappa shape index (κ2) is 5.05. The zero-order valence-corrected chi connectivity index (χ0v) is 10.5. The van der Waals surface area contributed by atoms with Gasteiger partial charge in [0.1, 0.15) is 5.75 Å². The molecule has 7 heteroatoms. The van der Waals surface area contributed by atoms with E-state index < -0.39 is 5.37 Å². The maximum Gasteiger partial charge on any atom is 0.318 e. The molecule has 0 radical (unpaired) electrons. The molecule has 0 fully saturated rings. The molecule has 1 aromatic heterocycles. The number of methoxy groups -OCH3 is 1. The zero-order valence-electron chi connectivity index (χ0n) is 9.73. The van der Waals surface area contributed by atoms with Crippen LogP contribution in [0.1, 0.15) is 5.82 Å². The minimum absolute atomic E-state index is 0.284. The fourth-order valence-corrected chi connectivity index (χ4v) is 1.55. The van der Waals surface area contributed by atoms with Crippen LogP contribution in [0.25, 0.3) is 11.5 Å². The highest BCUT2D eigenvalue weighted by Crippen LogP contribution is 2.30. The van der Waals surface area contributed by atoms with Crippen molar-refractivity contribution in [1.29, 1.82) is 0 Å². The predicted octanol–water partition coefficient (Wildman–Crippen LogP) is 2.82. The molecule has 94 valence electrons. The molecule has 0 aliphatic rings. The van der Waals surface area contributed by atoms with Gasteiger partial charge in [-0.2, -0.15) is 4.98 Å². The minimum Gasteiger partial charge on any atom is -0.497 e. The Bertz CT molecular complexity index is 583. The van der Waals surface area contributed by atoms with Crippen molar-refractivity contribution in [3.63, 3.8) is 0 Å². The molecule has 0 bridgehead atoms. The van der Waals surface area contributed by atoms with Crippen LogP contribution >= 0.6 is 11.6 Å². The van der Waals surface area contributed by atoms with Crippen molar-refractivity contribution in [1.82, 2.24) is 10.1 Å². The van der Waals surface area contributed by atoms with Crippen LogP contribution in [0.2, 0.25) is 0 Å². The van der Waals surface area contributed by atoms with Crippen LogP contribution in [-0.2, 0) is 0 Å². The van der Waals surface area contributed by atoms with E-state index in [1.54, 1.807) is 25.1 Å². The van der Waals surface area contributed by atoms with E-state index in [4.69, 9.17) is 20.9 Å². The molecule has 6 nitrogen and oxygen atoms in total. The summed E-state index contributed by atoms with van der Waals surface area (Å²) in [5, 5.41) is 5.48. The summed E-state index contributed by atoms with van der Waals surface area (Å²) in [5.74, 6) is 1.39. The summed E-state index contributed by atoms with van der Waals surface area (Å²) < 4.78 is 10.2. The first-order chi connectivity index (χ1) is 8.60. The van der Waals surface area contributed by atoms with Gasteiger partial charge in [0.25, 0.3) is 5.89 Å². The number of aromatic nitrogens is 2. The molecule has 1 N–H and O–H groups in total. The van der Waals surface area contributed by atoms with E-state index in [1.165, 1.54) is 7.11 Å². The highest BCUT2D eigenvalue weighted by atomic mass is 35.5. The lowest BCUT2D eigenvalue weighted by molar-refractivity contribution is 0.269. The summed E-state index contributed by atoms with van der Waals surface area (Å²) in [6.07, 6.45) is 0. The van der Waals surface area contributed by atoms with Gasteiger partial charge in [0.05, 0.1) is 18.4 Å². The van der Waals surface area contributed by atoms with Crippen LogP contribution in [-0.4, -0.2) is 22.6 Å². The predicted molar refractivity (Wildman–Crippen MR) is 65.9 cm³/mol. The van der Waals surface area contributed by atoms with Crippen molar-refractivity contribution in [3.8, 4) is 17.2 Å². The number of rotatable bonds is 3. The summed E-state index contributed by atoms with van der Waals surface area (Å²) in [4.78, 5) is 15.0. The number of aryl methyl sites for hydroxylation is 1. The van der Waals surface area contributed by atoms with E-state index in [0.29, 0.717) is 22.8 Å². The fraction of sp³-hybridized carbons (Fsp3) is 0.182. The Morgan fingerprint density at radius 2 is 2.28 bits per heavy atom. The quantitative estimate of drug-likeness (QED) is 0.683. The molecule has 0 saturated carbocycles. The summed E-state index contributed by atoms with van der Waals surface area (Å²) >= 11 is 5.30. The normalized spacial score (nSPS) is 10.2. The topological polar surface area (TPSA) is 77.2 Å². The lowest BCUT2D eigenvalue weighted by atomic mass is 10.1. The third kappa shape index (κ3) is 2.60. The summed E-state index contributed by atoms with van der Waals surface area (Å²) in [6, 6.07) is 5.01. The van der Waals surface area contributed by atoms with E-state index in [0.717, 1.165) is 0 Å². The molecule has 1 aromatic carbocycles. The maximum atomic E-state index is 10.9. The molecule has 0 unspecified atom stereocenters. The Morgan fingerprint density at radius 1 is 1.50 bits per heavy atom. The summed E-state index contributed by atoms with van der Waals surface area (Å²) in [5.41, 5.74) is 1.02. The smallest absolute Gasteiger partial charge is 0.318 e. The average Bonchev–Trinajstić information content (AvgIpc) is 2.75. The van der Waals surface area contributed by atoms with Crippen molar-refractivity contribution in [2.24, 2.45) is 0 Å². The van der Waals surface area contributed by atoms with Crippen LogP contribution in [0.15, 0.2) is 22.7 Å². The number of hydrogen-bond acceptors (Lipinski definition) is 5. The van der Waals surface area contributed by atoms with E-state index in [1.807, 2.05) is 0 Å². The molecule has 1 heterocycles. The number of amides is 1. The Kier molecular flexibility index (Phi) is 3.47. The molecule has 0 aliphatic heterocycles. The van der Waals surface area contributed by atoms with Gasteiger partial charge >= 0.3 is 5.37 Å². The van der Waals surface area contributed by atoms with Gasteiger partial charge in [-0.15, -0.1) is 0 Å². The number of ether oxygens (including phenoxy) is 1.